The number of nitrogens with one attached hydrogen (secondary N) is 1. The number of sulfonamides is 1. The number of hydrogen-bond donors (Lipinski definition) is 1. The van der Waals surface area contributed by atoms with E-state index in [1.807, 2.05) is 11.0 Å². The molecule has 7 nitrogen and oxygen atoms in total. The molecule has 0 aliphatic carbocycles. The molecule has 2 aromatic carbocycles. The van der Waals surface area contributed by atoms with Crippen LogP contribution in [0.1, 0.15) is 28.8 Å². The molecule has 0 radical (unpaired) electrons. The van der Waals surface area contributed by atoms with Crippen LogP contribution < -0.4 is 10.1 Å². The second kappa shape index (κ2) is 9.47. The van der Waals surface area contributed by atoms with Crippen molar-refractivity contribution in [1.29, 1.82) is 0 Å². The van der Waals surface area contributed by atoms with Crippen LogP contribution in [-0.4, -0.2) is 58.6 Å². The van der Waals surface area contributed by atoms with Crippen molar-refractivity contribution in [3.63, 3.8) is 0 Å². The molecule has 1 amide bonds. The summed E-state index contributed by atoms with van der Waals surface area (Å²) in [5.74, 6) is -0.130. The third-order valence-electron chi connectivity index (χ3n) is 5.53. The Bertz CT molecular complexity index is 1060. The van der Waals surface area contributed by atoms with E-state index in [1.165, 1.54) is 25.6 Å². The van der Waals surface area contributed by atoms with Crippen LogP contribution in [-0.2, 0) is 15.4 Å². The molecular formula is C22H26FN3O4S. The van der Waals surface area contributed by atoms with Crippen molar-refractivity contribution >= 4 is 22.3 Å². The lowest BCUT2D eigenvalue weighted by molar-refractivity contribution is 0.0929. The van der Waals surface area contributed by atoms with Crippen LogP contribution in [0, 0.1) is 5.82 Å². The van der Waals surface area contributed by atoms with Gasteiger partial charge in [0.25, 0.3) is 15.9 Å². The van der Waals surface area contributed by atoms with Gasteiger partial charge in [0.2, 0.25) is 0 Å². The van der Waals surface area contributed by atoms with E-state index in [9.17, 15) is 17.6 Å². The molecule has 1 fully saturated rings. The molecule has 1 heterocycles. The first kappa shape index (κ1) is 22.7. The van der Waals surface area contributed by atoms with Crippen LogP contribution in [0.4, 0.5) is 4.39 Å². The van der Waals surface area contributed by atoms with Gasteiger partial charge in [0.15, 0.2) is 0 Å². The van der Waals surface area contributed by atoms with Gasteiger partial charge < -0.3 is 15.0 Å². The summed E-state index contributed by atoms with van der Waals surface area (Å²) in [7, 11) is -1.95. The van der Waals surface area contributed by atoms with Crippen molar-refractivity contribution in [3.05, 3.63) is 65.5 Å². The van der Waals surface area contributed by atoms with Gasteiger partial charge in [-0.3, -0.25) is 4.79 Å². The van der Waals surface area contributed by atoms with Crippen LogP contribution in [0.2, 0.25) is 0 Å². The molecule has 1 N–H and O–H groups in total. The Balaban J connectivity index is 1.80. The zero-order valence-corrected chi connectivity index (χ0v) is 18.4. The van der Waals surface area contributed by atoms with Crippen molar-refractivity contribution in [2.24, 2.45) is 4.40 Å². The first-order chi connectivity index (χ1) is 14.7. The zero-order chi connectivity index (χ0) is 22.5. The number of piperidine rings is 1. The fourth-order valence-electron chi connectivity index (χ4n) is 3.78. The number of methoxy groups -OCH3 is 1. The van der Waals surface area contributed by atoms with E-state index in [2.05, 4.69) is 9.71 Å². The number of para-hydroxylation sites is 1. The van der Waals surface area contributed by atoms with Crippen molar-refractivity contribution in [3.8, 4) is 5.75 Å². The number of hydrogen-bond acceptors (Lipinski definition) is 4. The summed E-state index contributed by atoms with van der Waals surface area (Å²) < 4.78 is 45.4. The third-order valence-corrected chi connectivity index (χ3v) is 6.01. The molecule has 3 rings (SSSR count). The molecule has 0 saturated carbocycles. The van der Waals surface area contributed by atoms with Crippen molar-refractivity contribution in [1.82, 2.24) is 10.2 Å². The van der Waals surface area contributed by atoms with Crippen LogP contribution >= 0.6 is 0 Å². The number of benzene rings is 2. The summed E-state index contributed by atoms with van der Waals surface area (Å²) in [4.78, 5) is 14.6. The van der Waals surface area contributed by atoms with E-state index in [-0.39, 0.29) is 11.7 Å². The van der Waals surface area contributed by atoms with E-state index >= 15 is 0 Å². The van der Waals surface area contributed by atoms with Gasteiger partial charge in [-0.1, -0.05) is 24.3 Å². The number of carbonyl (C=O) groups excluding carboxylic acids is 1. The molecular weight excluding hydrogens is 421 g/mol. The van der Waals surface area contributed by atoms with E-state index in [4.69, 9.17) is 4.74 Å². The monoisotopic (exact) mass is 447 g/mol. The third kappa shape index (κ3) is 5.81. The second-order valence-electron chi connectivity index (χ2n) is 7.66. The van der Waals surface area contributed by atoms with Gasteiger partial charge in [-0.25, -0.2) is 12.8 Å². The lowest BCUT2D eigenvalue weighted by Crippen LogP contribution is -2.48. The van der Waals surface area contributed by atoms with Gasteiger partial charge in [0.1, 0.15) is 17.9 Å². The summed E-state index contributed by atoms with van der Waals surface area (Å²) in [6.45, 7) is 1.37. The fourth-order valence-corrected chi connectivity index (χ4v) is 4.09. The Hall–Kier alpha value is -2.94. The molecule has 0 unspecified atom stereocenters. The van der Waals surface area contributed by atoms with Crippen molar-refractivity contribution in [2.45, 2.75) is 18.3 Å². The van der Waals surface area contributed by atoms with Gasteiger partial charge in [0.05, 0.1) is 18.9 Å². The van der Waals surface area contributed by atoms with Gasteiger partial charge >= 0.3 is 0 Å². The number of nitrogens with zero attached hydrogens (tertiary/aromatic N) is 2. The van der Waals surface area contributed by atoms with E-state index in [1.54, 1.807) is 30.3 Å². The van der Waals surface area contributed by atoms with Crippen LogP contribution in [0.15, 0.2) is 52.9 Å². The lowest BCUT2D eigenvalue weighted by Gasteiger charge is -2.42. The molecule has 1 saturated heterocycles. The maximum Gasteiger partial charge on any atom is 0.255 e. The SMILES string of the molecule is COc1ccccc1C(=O)NCC1(c2cccc(F)c2)CCN(/C=N/S(C)(=O)=O)CC1. The Kier molecular flexibility index (Phi) is 6.94. The van der Waals surface area contributed by atoms with Crippen molar-refractivity contribution in [2.75, 3.05) is 33.0 Å². The fraction of sp³-hybridized carbons (Fsp3) is 0.364. The normalized spacial score (nSPS) is 16.3. The summed E-state index contributed by atoms with van der Waals surface area (Å²) in [5.41, 5.74) is 0.736. The molecule has 0 atom stereocenters. The van der Waals surface area contributed by atoms with E-state index in [0.717, 1.165) is 11.8 Å². The van der Waals surface area contributed by atoms with Gasteiger partial charge in [-0.05, 0) is 42.7 Å². The molecule has 1 aliphatic rings. The van der Waals surface area contributed by atoms with Crippen LogP contribution in [0.25, 0.3) is 0 Å². The zero-order valence-electron chi connectivity index (χ0n) is 17.5. The highest BCUT2D eigenvalue weighted by molar-refractivity contribution is 7.89. The second-order valence-corrected chi connectivity index (χ2v) is 9.34. The summed E-state index contributed by atoms with van der Waals surface area (Å²) in [5, 5.41) is 2.98. The standard InChI is InChI=1S/C22H26FN3O4S/c1-30-20-9-4-3-8-19(20)21(27)24-15-22(17-6-5-7-18(23)14-17)10-12-26(13-11-22)16-25-31(2,28)29/h3-9,14,16H,10-13,15H2,1-2H3,(H,24,27)/b25-16+. The number of likely N-dealkylation sites (tertiary alicyclic amines) is 1. The maximum absolute atomic E-state index is 14.0. The van der Waals surface area contributed by atoms with Gasteiger partial charge in [-0.15, -0.1) is 0 Å². The Labute approximate surface area is 182 Å². The molecule has 166 valence electrons. The van der Waals surface area contributed by atoms with E-state index in [0.29, 0.717) is 43.8 Å². The molecule has 31 heavy (non-hydrogen) atoms. The number of amides is 1. The lowest BCUT2D eigenvalue weighted by atomic mass is 9.72. The average molecular weight is 448 g/mol. The predicted molar refractivity (Wildman–Crippen MR) is 118 cm³/mol. The number of carbonyl (C=O) groups is 1. The Morgan fingerprint density at radius 1 is 1.23 bits per heavy atom. The minimum absolute atomic E-state index is 0.269. The highest BCUT2D eigenvalue weighted by Gasteiger charge is 2.36. The highest BCUT2D eigenvalue weighted by Crippen LogP contribution is 2.35. The highest BCUT2D eigenvalue weighted by atomic mass is 32.2. The number of ether oxygens (including phenoxy) is 1. The molecule has 0 spiro atoms. The number of halogens is 1. The molecule has 0 bridgehead atoms. The topological polar surface area (TPSA) is 88.1 Å². The first-order valence-corrected chi connectivity index (χ1v) is 11.7. The smallest absolute Gasteiger partial charge is 0.255 e. The molecule has 0 aromatic heterocycles. The van der Waals surface area contributed by atoms with Crippen LogP contribution in [0.3, 0.4) is 0 Å². The average Bonchev–Trinajstić information content (AvgIpc) is 2.76. The molecule has 1 aliphatic heterocycles. The quantitative estimate of drug-likeness (QED) is 0.521. The Morgan fingerprint density at radius 3 is 2.58 bits per heavy atom. The summed E-state index contributed by atoms with van der Waals surface area (Å²) in [6, 6.07) is 13.4. The molecule has 2 aromatic rings. The minimum Gasteiger partial charge on any atom is -0.496 e. The van der Waals surface area contributed by atoms with Crippen molar-refractivity contribution < 1.29 is 22.3 Å². The van der Waals surface area contributed by atoms with Gasteiger partial charge in [0, 0.05) is 25.0 Å². The van der Waals surface area contributed by atoms with E-state index < -0.39 is 15.4 Å². The number of rotatable bonds is 7. The summed E-state index contributed by atoms with van der Waals surface area (Å²) >= 11 is 0. The Morgan fingerprint density at radius 2 is 1.94 bits per heavy atom. The maximum atomic E-state index is 14.0. The predicted octanol–water partition coefficient (Wildman–Crippen LogP) is 2.59. The minimum atomic E-state index is -3.46. The first-order valence-electron chi connectivity index (χ1n) is 9.89. The molecule has 9 heteroatoms. The largest absolute Gasteiger partial charge is 0.496 e. The van der Waals surface area contributed by atoms with Crippen LogP contribution in [0.5, 0.6) is 5.75 Å². The summed E-state index contributed by atoms with van der Waals surface area (Å²) in [6.07, 6.45) is 3.56. The van der Waals surface area contributed by atoms with Gasteiger partial charge in [-0.2, -0.15) is 4.40 Å².